The van der Waals surface area contributed by atoms with Crippen LogP contribution in [-0.2, 0) is 12.4 Å². The predicted octanol–water partition coefficient (Wildman–Crippen LogP) is 4.75. The summed E-state index contributed by atoms with van der Waals surface area (Å²) in [4.78, 5) is 0. The molecule has 0 spiro atoms. The third kappa shape index (κ3) is 3.67. The third-order valence-corrected chi connectivity index (χ3v) is 8.23. The van der Waals surface area contributed by atoms with Gasteiger partial charge in [0, 0.05) is 0 Å². The van der Waals surface area contributed by atoms with Gasteiger partial charge >= 0.3 is 12.4 Å². The molecule has 0 atom stereocenters. The van der Waals surface area contributed by atoms with E-state index in [1.165, 1.54) is 30.0 Å². The number of hydrogen-bond donors (Lipinski definition) is 0. The van der Waals surface area contributed by atoms with Crippen molar-refractivity contribution in [3.8, 4) is 0 Å². The Morgan fingerprint density at radius 2 is 1.00 bits per heavy atom. The first-order valence-electron chi connectivity index (χ1n) is 6.66. The van der Waals surface area contributed by atoms with E-state index >= 15 is 0 Å². The molecule has 0 fully saturated rings. The van der Waals surface area contributed by atoms with Gasteiger partial charge in [0.1, 0.15) is 0 Å². The van der Waals surface area contributed by atoms with Crippen molar-refractivity contribution in [3.05, 3.63) is 71.9 Å². The topological polar surface area (TPSA) is 0 Å². The van der Waals surface area contributed by atoms with Crippen molar-refractivity contribution >= 4 is 28.8 Å². The Kier molecular flexibility index (Phi) is 4.88. The molecule has 8 heteroatoms. The van der Waals surface area contributed by atoms with Gasteiger partial charge in [-0.2, -0.15) is 26.3 Å². The zero-order chi connectivity index (χ0) is 18.2. The molecule has 2 rings (SSSR count). The number of hydrogen-bond acceptors (Lipinski definition) is 0. The molecule has 24 heavy (non-hydrogen) atoms. The van der Waals surface area contributed by atoms with E-state index in [0.29, 0.717) is 10.4 Å². The second kappa shape index (κ2) is 6.29. The second-order valence-corrected chi connectivity index (χ2v) is 9.84. The van der Waals surface area contributed by atoms with Gasteiger partial charge in [-0.3, -0.25) is 0 Å². The average Bonchev–Trinajstić information content (AvgIpc) is 2.53. The van der Waals surface area contributed by atoms with Gasteiger partial charge in [-0.25, -0.2) is 0 Å². The number of benzene rings is 2. The first kappa shape index (κ1) is 18.6. The van der Waals surface area contributed by atoms with Crippen molar-refractivity contribution in [1.82, 2.24) is 0 Å². The lowest BCUT2D eigenvalue weighted by Gasteiger charge is -2.22. The predicted molar refractivity (Wildman–Crippen MR) is 84.0 cm³/mol. The average molecular weight is 381 g/mol. The lowest BCUT2D eigenvalue weighted by Crippen LogP contribution is -2.52. The summed E-state index contributed by atoms with van der Waals surface area (Å²) in [7, 11) is -3.14. The monoisotopic (exact) mass is 380 g/mol. The molecule has 0 aliphatic carbocycles. The van der Waals surface area contributed by atoms with Crippen LogP contribution in [0, 0.1) is 0 Å². The summed E-state index contributed by atoms with van der Waals surface area (Å²) >= 11 is 6.57. The van der Waals surface area contributed by atoms with Crippen LogP contribution in [-0.4, -0.2) is 7.38 Å². The Morgan fingerprint density at radius 1 is 0.708 bits per heavy atom. The van der Waals surface area contributed by atoms with Gasteiger partial charge in [-0.1, -0.05) is 54.2 Å². The highest BCUT2D eigenvalue weighted by molar-refractivity contribution is 7.36. The van der Waals surface area contributed by atoms with Crippen LogP contribution in [0.15, 0.2) is 60.8 Å². The molecule has 0 aliphatic rings. The molecule has 128 valence electrons. The van der Waals surface area contributed by atoms with Crippen LogP contribution in [0.3, 0.4) is 0 Å². The molecule has 0 saturated carbocycles. The molecular formula is C16H11ClF6Si. The first-order valence-corrected chi connectivity index (χ1v) is 9.75. The van der Waals surface area contributed by atoms with Crippen molar-refractivity contribution < 1.29 is 26.3 Å². The Morgan fingerprint density at radius 3 is 1.21 bits per heavy atom. The second-order valence-electron chi connectivity index (χ2n) is 5.07. The minimum atomic E-state index is -4.47. The minimum Gasteiger partial charge on any atom is -0.166 e. The third-order valence-electron chi connectivity index (χ3n) is 3.55. The molecule has 0 saturated heterocycles. The molecule has 0 aliphatic heterocycles. The molecular weight excluding hydrogens is 370 g/mol. The molecule has 2 aromatic rings. The molecule has 0 radical (unpaired) electrons. The molecule has 0 unspecified atom stereocenters. The van der Waals surface area contributed by atoms with Crippen LogP contribution >= 0.6 is 11.1 Å². The largest absolute Gasteiger partial charge is 0.416 e. The summed E-state index contributed by atoms with van der Waals surface area (Å²) in [5.74, 6) is 0. The fourth-order valence-corrected chi connectivity index (χ4v) is 5.07. The SMILES string of the molecule is C=C[Si](Cl)(c1ccc(C(F)(F)F)cc1)c1ccc(C(F)(F)F)cc1. The number of rotatable bonds is 3. The zero-order valence-corrected chi connectivity index (χ0v) is 13.8. The fraction of sp³-hybridized carbons (Fsp3) is 0.125. The Bertz CT molecular complexity index is 659. The van der Waals surface area contributed by atoms with E-state index in [9.17, 15) is 26.3 Å². The van der Waals surface area contributed by atoms with Crippen LogP contribution in [0.5, 0.6) is 0 Å². The Labute approximate surface area is 140 Å². The highest BCUT2D eigenvalue weighted by atomic mass is 35.6. The summed E-state index contributed by atoms with van der Waals surface area (Å²) in [5.41, 5.74) is -0.244. The normalized spacial score (nSPS) is 13.0. The van der Waals surface area contributed by atoms with Crippen LogP contribution < -0.4 is 10.4 Å². The van der Waals surface area contributed by atoms with Gasteiger partial charge < -0.3 is 0 Å². The van der Waals surface area contributed by atoms with Gasteiger partial charge in [0.25, 0.3) is 0 Å². The van der Waals surface area contributed by atoms with E-state index in [0.717, 1.165) is 24.3 Å². The van der Waals surface area contributed by atoms with E-state index < -0.39 is 30.9 Å². The standard InChI is InChI=1S/C16H11ClF6Si/c1-2-24(17,13-7-3-11(4-8-13)15(18,19)20)14-9-5-12(6-10-14)16(21,22)23/h2-10H,1H2. The smallest absolute Gasteiger partial charge is 0.166 e. The number of halogens is 7. The van der Waals surface area contributed by atoms with Crippen molar-refractivity contribution in [2.45, 2.75) is 12.4 Å². The number of alkyl halides is 6. The maximum absolute atomic E-state index is 12.6. The van der Waals surface area contributed by atoms with Crippen molar-refractivity contribution in [2.75, 3.05) is 0 Å². The maximum atomic E-state index is 12.6. The molecule has 0 nitrogen and oxygen atoms in total. The van der Waals surface area contributed by atoms with Gasteiger partial charge in [-0.05, 0) is 10.4 Å². The quantitative estimate of drug-likeness (QED) is 0.409. The van der Waals surface area contributed by atoms with Gasteiger partial charge in [0.2, 0.25) is 7.38 Å². The molecule has 0 aromatic heterocycles. The molecule has 0 heterocycles. The highest BCUT2D eigenvalue weighted by Gasteiger charge is 2.36. The van der Waals surface area contributed by atoms with E-state index in [2.05, 4.69) is 6.58 Å². The van der Waals surface area contributed by atoms with Crippen molar-refractivity contribution in [1.29, 1.82) is 0 Å². The molecule has 0 N–H and O–H groups in total. The van der Waals surface area contributed by atoms with Gasteiger partial charge in [-0.15, -0.1) is 17.7 Å². The lowest BCUT2D eigenvalue weighted by atomic mass is 10.2. The Hall–Kier alpha value is -1.73. The van der Waals surface area contributed by atoms with Crippen LogP contribution in [0.4, 0.5) is 26.3 Å². The summed E-state index contributed by atoms with van der Waals surface area (Å²) < 4.78 is 75.8. The molecule has 0 amide bonds. The zero-order valence-electron chi connectivity index (χ0n) is 12.0. The van der Waals surface area contributed by atoms with Crippen LogP contribution in [0.1, 0.15) is 11.1 Å². The van der Waals surface area contributed by atoms with Gasteiger partial charge in [0.05, 0.1) is 11.1 Å². The van der Waals surface area contributed by atoms with Gasteiger partial charge in [0.15, 0.2) is 0 Å². The summed E-state index contributed by atoms with van der Waals surface area (Å²) in [6, 6.07) is 8.53. The van der Waals surface area contributed by atoms with E-state index in [1.807, 2.05) is 0 Å². The Balaban J connectivity index is 2.43. The molecule has 2 aromatic carbocycles. The van der Waals surface area contributed by atoms with E-state index in [4.69, 9.17) is 11.1 Å². The van der Waals surface area contributed by atoms with Crippen LogP contribution in [0.25, 0.3) is 0 Å². The van der Waals surface area contributed by atoms with Crippen LogP contribution in [0.2, 0.25) is 0 Å². The fourth-order valence-electron chi connectivity index (χ4n) is 2.21. The lowest BCUT2D eigenvalue weighted by molar-refractivity contribution is -0.138. The van der Waals surface area contributed by atoms with E-state index in [-0.39, 0.29) is 0 Å². The minimum absolute atomic E-state index is 0.409. The van der Waals surface area contributed by atoms with E-state index in [1.54, 1.807) is 0 Å². The maximum Gasteiger partial charge on any atom is 0.416 e. The highest BCUT2D eigenvalue weighted by Crippen LogP contribution is 2.30. The summed E-state index contributed by atoms with van der Waals surface area (Å²) in [6.45, 7) is 3.61. The van der Waals surface area contributed by atoms with Crippen molar-refractivity contribution in [3.63, 3.8) is 0 Å². The first-order chi connectivity index (χ1) is 11.0. The summed E-state index contributed by atoms with van der Waals surface area (Å²) in [6.07, 6.45) is -8.95. The van der Waals surface area contributed by atoms with Crippen molar-refractivity contribution in [2.24, 2.45) is 0 Å². The summed E-state index contributed by atoms with van der Waals surface area (Å²) in [5, 5.41) is 0.818. The molecule has 0 bridgehead atoms.